The molecule has 0 aromatic carbocycles. The van der Waals surface area contributed by atoms with Crippen LogP contribution in [0.25, 0.3) is 0 Å². The highest BCUT2D eigenvalue weighted by atomic mass is 16.3. The minimum absolute atomic E-state index is 0.0505. The first-order valence-electron chi connectivity index (χ1n) is 10.4. The first kappa shape index (κ1) is 21.2. The summed E-state index contributed by atoms with van der Waals surface area (Å²) in [4.78, 5) is 21.7. The van der Waals surface area contributed by atoms with Crippen molar-refractivity contribution in [2.24, 2.45) is 5.92 Å². The number of nitrogens with zero attached hydrogens (tertiary/aromatic N) is 3. The van der Waals surface area contributed by atoms with E-state index in [9.17, 15) is 15.0 Å². The molecular weight excluding hydrogens is 356 g/mol. The summed E-state index contributed by atoms with van der Waals surface area (Å²) in [6, 6.07) is 4.69. The lowest BCUT2D eigenvalue weighted by Crippen LogP contribution is -2.56. The quantitative estimate of drug-likeness (QED) is 0.632. The Morgan fingerprint density at radius 1 is 1.18 bits per heavy atom. The fraction of sp³-hybridized carbons (Fsp3) is 0.714. The van der Waals surface area contributed by atoms with Gasteiger partial charge in [-0.2, -0.15) is 0 Å². The number of amides is 1. The molecule has 3 heterocycles. The number of aliphatic hydroxyl groups is 2. The fourth-order valence-corrected chi connectivity index (χ4v) is 4.27. The molecule has 1 atom stereocenters. The van der Waals surface area contributed by atoms with Crippen molar-refractivity contribution in [3.63, 3.8) is 0 Å². The third kappa shape index (κ3) is 5.50. The maximum atomic E-state index is 12.6. The minimum atomic E-state index is -0.947. The summed E-state index contributed by atoms with van der Waals surface area (Å²) in [5.74, 6) is -0.119. The number of hydrogen-bond donors (Lipinski definition) is 3. The Balaban J connectivity index is 1.48. The van der Waals surface area contributed by atoms with Crippen LogP contribution >= 0.6 is 0 Å². The molecule has 3 N–H and O–H groups in total. The van der Waals surface area contributed by atoms with Crippen LogP contribution in [0.1, 0.15) is 38.2 Å². The molecule has 2 aliphatic heterocycles. The van der Waals surface area contributed by atoms with Gasteiger partial charge in [0.2, 0.25) is 5.91 Å². The molecule has 0 aliphatic carbocycles. The smallest absolute Gasteiger partial charge is 0.224 e. The predicted molar refractivity (Wildman–Crippen MR) is 108 cm³/mol. The molecular formula is C21H34N4O3. The largest absolute Gasteiger partial charge is 0.394 e. The summed E-state index contributed by atoms with van der Waals surface area (Å²) in [6.07, 6.45) is 7.84. The molecule has 0 bridgehead atoms. The van der Waals surface area contributed by atoms with E-state index < -0.39 is 5.54 Å². The highest BCUT2D eigenvalue weighted by Gasteiger charge is 2.34. The van der Waals surface area contributed by atoms with Crippen molar-refractivity contribution in [3.8, 4) is 0 Å². The summed E-state index contributed by atoms with van der Waals surface area (Å²) in [6.45, 7) is 6.10. The van der Waals surface area contributed by atoms with Crippen LogP contribution in [0.2, 0.25) is 0 Å². The molecule has 2 fully saturated rings. The maximum Gasteiger partial charge on any atom is 0.224 e. The average Bonchev–Trinajstić information content (AvgIpc) is 2.75. The predicted octanol–water partition coefficient (Wildman–Crippen LogP) is 0.618. The minimum Gasteiger partial charge on any atom is -0.394 e. The topological polar surface area (TPSA) is 88.9 Å². The van der Waals surface area contributed by atoms with Crippen LogP contribution in [-0.4, -0.2) is 81.9 Å². The van der Waals surface area contributed by atoms with Crippen LogP contribution in [0.4, 0.5) is 0 Å². The number of nitrogens with one attached hydrogen (secondary N) is 1. The van der Waals surface area contributed by atoms with Crippen LogP contribution < -0.4 is 5.32 Å². The third-order valence-corrected chi connectivity index (χ3v) is 6.18. The molecule has 2 saturated heterocycles. The zero-order valence-corrected chi connectivity index (χ0v) is 16.9. The van der Waals surface area contributed by atoms with Gasteiger partial charge in [-0.25, -0.2) is 0 Å². The van der Waals surface area contributed by atoms with Crippen LogP contribution in [-0.2, 0) is 11.3 Å². The molecule has 7 nitrogen and oxygen atoms in total. The molecule has 0 radical (unpaired) electrons. The number of carbonyl (C=O) groups is 1. The van der Waals surface area contributed by atoms with Crippen LogP contribution in [0.15, 0.2) is 24.5 Å². The Labute approximate surface area is 167 Å². The van der Waals surface area contributed by atoms with Crippen molar-refractivity contribution in [3.05, 3.63) is 30.1 Å². The van der Waals surface area contributed by atoms with E-state index in [2.05, 4.69) is 32.2 Å². The Morgan fingerprint density at radius 3 is 2.50 bits per heavy atom. The van der Waals surface area contributed by atoms with Crippen molar-refractivity contribution in [2.75, 3.05) is 39.4 Å². The van der Waals surface area contributed by atoms with E-state index in [1.165, 1.54) is 5.56 Å². The third-order valence-electron chi connectivity index (χ3n) is 6.18. The summed E-state index contributed by atoms with van der Waals surface area (Å²) in [5.41, 5.74) is 0.358. The average molecular weight is 391 g/mol. The summed E-state index contributed by atoms with van der Waals surface area (Å²) >= 11 is 0. The SMILES string of the molecule is CC(CO)(CO)NC(=O)C1CCCN(C2CCN(Cc3ccncc3)CC2)C1. The van der Waals surface area contributed by atoms with Gasteiger partial charge in [-0.05, 0) is 69.9 Å². The zero-order chi connectivity index (χ0) is 20.0. The summed E-state index contributed by atoms with van der Waals surface area (Å²) in [7, 11) is 0. The monoisotopic (exact) mass is 390 g/mol. The molecule has 0 spiro atoms. The molecule has 28 heavy (non-hydrogen) atoms. The molecule has 3 rings (SSSR count). The second kappa shape index (κ2) is 9.78. The molecule has 7 heteroatoms. The summed E-state index contributed by atoms with van der Waals surface area (Å²) < 4.78 is 0. The van der Waals surface area contributed by atoms with Crippen LogP contribution in [0.3, 0.4) is 0 Å². The molecule has 0 saturated carbocycles. The van der Waals surface area contributed by atoms with Gasteiger partial charge in [0, 0.05) is 31.5 Å². The van der Waals surface area contributed by atoms with Crippen molar-refractivity contribution >= 4 is 5.91 Å². The van der Waals surface area contributed by atoms with Gasteiger partial charge >= 0.3 is 0 Å². The molecule has 1 aromatic heterocycles. The van der Waals surface area contributed by atoms with Gasteiger partial charge in [0.05, 0.1) is 24.7 Å². The number of pyridine rings is 1. The van der Waals surface area contributed by atoms with Crippen molar-refractivity contribution in [1.29, 1.82) is 0 Å². The van der Waals surface area contributed by atoms with Gasteiger partial charge in [-0.15, -0.1) is 0 Å². The zero-order valence-electron chi connectivity index (χ0n) is 16.9. The Hall–Kier alpha value is -1.54. The van der Waals surface area contributed by atoms with Gasteiger partial charge in [0.25, 0.3) is 0 Å². The standard InChI is InChI=1S/C21H34N4O3/c1-21(15-26,16-27)23-20(28)18-3-2-10-25(14-18)19-6-11-24(12-7-19)13-17-4-8-22-9-5-17/h4-5,8-9,18-19,26-27H,2-3,6-7,10-16H2,1H3,(H,23,28). The van der Waals surface area contributed by atoms with Crippen LogP contribution in [0, 0.1) is 5.92 Å². The lowest BCUT2D eigenvalue weighted by molar-refractivity contribution is -0.130. The molecule has 1 unspecified atom stereocenters. The van der Waals surface area contributed by atoms with E-state index in [0.29, 0.717) is 6.04 Å². The lowest BCUT2D eigenvalue weighted by atomic mass is 9.92. The normalized spacial score (nSPS) is 22.9. The van der Waals surface area contributed by atoms with Gasteiger partial charge < -0.3 is 15.5 Å². The number of hydrogen-bond acceptors (Lipinski definition) is 6. The van der Waals surface area contributed by atoms with E-state index in [1.807, 2.05) is 12.4 Å². The van der Waals surface area contributed by atoms with E-state index in [0.717, 1.165) is 58.4 Å². The highest BCUT2D eigenvalue weighted by Crippen LogP contribution is 2.25. The van der Waals surface area contributed by atoms with Crippen molar-refractivity contribution < 1.29 is 15.0 Å². The molecule has 1 amide bonds. The molecule has 156 valence electrons. The second-order valence-electron chi connectivity index (χ2n) is 8.56. The maximum absolute atomic E-state index is 12.6. The van der Waals surface area contributed by atoms with Gasteiger partial charge in [-0.3, -0.25) is 19.6 Å². The number of carbonyl (C=O) groups excluding carboxylic acids is 1. The van der Waals surface area contributed by atoms with Crippen LogP contribution in [0.5, 0.6) is 0 Å². The van der Waals surface area contributed by atoms with Gasteiger partial charge in [0.15, 0.2) is 0 Å². The number of piperidine rings is 2. The Kier molecular flexibility index (Phi) is 7.40. The molecule has 2 aliphatic rings. The van der Waals surface area contributed by atoms with Crippen molar-refractivity contribution in [2.45, 2.75) is 50.7 Å². The first-order valence-corrected chi connectivity index (χ1v) is 10.4. The Morgan fingerprint density at radius 2 is 1.86 bits per heavy atom. The lowest BCUT2D eigenvalue weighted by Gasteiger charge is -2.42. The first-order chi connectivity index (χ1) is 13.5. The fourth-order valence-electron chi connectivity index (χ4n) is 4.27. The van der Waals surface area contributed by atoms with E-state index in [1.54, 1.807) is 6.92 Å². The number of likely N-dealkylation sites (tertiary alicyclic amines) is 2. The number of aliphatic hydroxyl groups excluding tert-OH is 2. The number of aromatic nitrogens is 1. The Bertz CT molecular complexity index is 615. The van der Waals surface area contributed by atoms with Gasteiger partial charge in [-0.1, -0.05) is 0 Å². The second-order valence-corrected chi connectivity index (χ2v) is 8.56. The van der Waals surface area contributed by atoms with Crippen molar-refractivity contribution in [1.82, 2.24) is 20.1 Å². The van der Waals surface area contributed by atoms with E-state index >= 15 is 0 Å². The number of rotatable bonds is 7. The summed E-state index contributed by atoms with van der Waals surface area (Å²) in [5, 5.41) is 21.7. The highest BCUT2D eigenvalue weighted by molar-refractivity contribution is 5.79. The van der Waals surface area contributed by atoms with E-state index in [-0.39, 0.29) is 25.0 Å². The molecule has 1 aromatic rings. The van der Waals surface area contributed by atoms with E-state index in [4.69, 9.17) is 0 Å². The van der Waals surface area contributed by atoms with Gasteiger partial charge in [0.1, 0.15) is 0 Å².